The van der Waals surface area contributed by atoms with E-state index in [2.05, 4.69) is 11.8 Å². The maximum atomic E-state index is 9.29. The van der Waals surface area contributed by atoms with E-state index in [1.807, 2.05) is 30.3 Å². The molecule has 0 bridgehead atoms. The van der Waals surface area contributed by atoms with Crippen LogP contribution in [-0.2, 0) is 0 Å². The molecule has 0 aliphatic carbocycles. The number of methoxy groups -OCH3 is 1. The van der Waals surface area contributed by atoms with Gasteiger partial charge in [0.2, 0.25) is 0 Å². The van der Waals surface area contributed by atoms with E-state index in [0.717, 1.165) is 22.4 Å². The minimum absolute atomic E-state index is 0.256. The van der Waals surface area contributed by atoms with Crippen LogP contribution < -0.4 is 4.74 Å². The van der Waals surface area contributed by atoms with Gasteiger partial charge in [0.05, 0.1) is 7.11 Å². The standard InChI is InChI=1S/C16H14O2/c1-3-4-12-5-10-15(16(11-12)18-2)13-6-8-14(17)9-7-13/h5-11,17H,1-2H3. The third-order valence-corrected chi connectivity index (χ3v) is 2.65. The SMILES string of the molecule is CC#Cc1ccc(-c2ccc(O)cc2)c(OC)c1. The van der Waals surface area contributed by atoms with Gasteiger partial charge in [-0.05, 0) is 42.8 Å². The molecule has 0 heterocycles. The van der Waals surface area contributed by atoms with Gasteiger partial charge in [0.25, 0.3) is 0 Å². The zero-order chi connectivity index (χ0) is 13.0. The first-order valence-electron chi connectivity index (χ1n) is 5.65. The van der Waals surface area contributed by atoms with Crippen molar-refractivity contribution in [3.05, 3.63) is 48.0 Å². The molecule has 2 heteroatoms. The number of benzene rings is 2. The smallest absolute Gasteiger partial charge is 0.127 e. The van der Waals surface area contributed by atoms with Crippen LogP contribution in [0.2, 0.25) is 0 Å². The minimum Gasteiger partial charge on any atom is -0.508 e. The van der Waals surface area contributed by atoms with Crippen molar-refractivity contribution >= 4 is 0 Å². The van der Waals surface area contributed by atoms with E-state index < -0.39 is 0 Å². The van der Waals surface area contributed by atoms with E-state index in [9.17, 15) is 5.11 Å². The molecule has 0 fully saturated rings. The fourth-order valence-corrected chi connectivity index (χ4v) is 1.79. The van der Waals surface area contributed by atoms with Crippen LogP contribution in [0.5, 0.6) is 11.5 Å². The summed E-state index contributed by atoms with van der Waals surface area (Å²) < 4.78 is 5.39. The van der Waals surface area contributed by atoms with E-state index in [-0.39, 0.29) is 5.75 Å². The number of phenolic OH excluding ortho intramolecular Hbond substituents is 1. The first-order chi connectivity index (χ1) is 8.74. The predicted molar refractivity (Wildman–Crippen MR) is 72.6 cm³/mol. The summed E-state index contributed by atoms with van der Waals surface area (Å²) in [5, 5.41) is 9.29. The van der Waals surface area contributed by atoms with Gasteiger partial charge in [-0.3, -0.25) is 0 Å². The summed E-state index contributed by atoms with van der Waals surface area (Å²) in [6.07, 6.45) is 0. The molecule has 0 saturated heterocycles. The molecule has 0 aliphatic rings. The Bertz CT molecular complexity index is 601. The highest BCUT2D eigenvalue weighted by molar-refractivity contribution is 5.72. The van der Waals surface area contributed by atoms with Gasteiger partial charge >= 0.3 is 0 Å². The van der Waals surface area contributed by atoms with Crippen LogP contribution in [0.3, 0.4) is 0 Å². The maximum absolute atomic E-state index is 9.29. The molecule has 2 aromatic carbocycles. The van der Waals surface area contributed by atoms with Crippen LogP contribution in [-0.4, -0.2) is 12.2 Å². The topological polar surface area (TPSA) is 29.5 Å². The average Bonchev–Trinajstić information content (AvgIpc) is 2.40. The zero-order valence-corrected chi connectivity index (χ0v) is 10.4. The fraction of sp³-hybridized carbons (Fsp3) is 0.125. The quantitative estimate of drug-likeness (QED) is 0.812. The average molecular weight is 238 g/mol. The van der Waals surface area contributed by atoms with E-state index in [4.69, 9.17) is 4.74 Å². The molecule has 1 N–H and O–H groups in total. The Balaban J connectivity index is 2.49. The van der Waals surface area contributed by atoms with E-state index in [1.165, 1.54) is 0 Å². The van der Waals surface area contributed by atoms with Gasteiger partial charge in [-0.1, -0.05) is 18.1 Å². The second-order valence-electron chi connectivity index (χ2n) is 3.84. The Labute approximate surface area is 107 Å². The fourth-order valence-electron chi connectivity index (χ4n) is 1.79. The second-order valence-corrected chi connectivity index (χ2v) is 3.84. The predicted octanol–water partition coefficient (Wildman–Crippen LogP) is 3.44. The molecule has 0 aromatic heterocycles. The van der Waals surface area contributed by atoms with Gasteiger partial charge in [0.1, 0.15) is 11.5 Å². The number of hydrogen-bond acceptors (Lipinski definition) is 2. The van der Waals surface area contributed by atoms with Crippen molar-refractivity contribution in [3.63, 3.8) is 0 Å². The Kier molecular flexibility index (Phi) is 3.54. The van der Waals surface area contributed by atoms with Gasteiger partial charge in [-0.25, -0.2) is 0 Å². The Morgan fingerprint density at radius 2 is 1.78 bits per heavy atom. The van der Waals surface area contributed by atoms with E-state index >= 15 is 0 Å². The first kappa shape index (κ1) is 12.1. The minimum atomic E-state index is 0.256. The summed E-state index contributed by atoms with van der Waals surface area (Å²) in [5.74, 6) is 6.90. The van der Waals surface area contributed by atoms with Crippen LogP contribution in [0, 0.1) is 11.8 Å². The van der Waals surface area contributed by atoms with Crippen molar-refractivity contribution in [3.8, 4) is 34.5 Å². The van der Waals surface area contributed by atoms with Gasteiger partial charge in [-0.15, -0.1) is 5.92 Å². The Hall–Kier alpha value is -2.40. The number of aromatic hydroxyl groups is 1. The molecule has 0 saturated carbocycles. The monoisotopic (exact) mass is 238 g/mol. The van der Waals surface area contributed by atoms with Crippen LogP contribution >= 0.6 is 0 Å². The lowest BCUT2D eigenvalue weighted by Crippen LogP contribution is -1.89. The maximum Gasteiger partial charge on any atom is 0.127 e. The van der Waals surface area contributed by atoms with Crippen LogP contribution in [0.1, 0.15) is 12.5 Å². The van der Waals surface area contributed by atoms with Crippen LogP contribution in [0.4, 0.5) is 0 Å². The van der Waals surface area contributed by atoms with Crippen molar-refractivity contribution in [1.29, 1.82) is 0 Å². The highest BCUT2D eigenvalue weighted by Crippen LogP contribution is 2.31. The molecule has 0 aliphatic heterocycles. The molecule has 0 amide bonds. The summed E-state index contributed by atoms with van der Waals surface area (Å²) in [6, 6.07) is 12.9. The van der Waals surface area contributed by atoms with E-state index in [1.54, 1.807) is 26.2 Å². The molecule has 2 aromatic rings. The normalized spacial score (nSPS) is 9.44. The lowest BCUT2D eigenvalue weighted by atomic mass is 10.0. The van der Waals surface area contributed by atoms with Crippen molar-refractivity contribution in [2.24, 2.45) is 0 Å². The van der Waals surface area contributed by atoms with Crippen molar-refractivity contribution in [1.82, 2.24) is 0 Å². The van der Waals surface area contributed by atoms with Crippen molar-refractivity contribution < 1.29 is 9.84 Å². The largest absolute Gasteiger partial charge is 0.508 e. The molecule has 0 atom stereocenters. The molecule has 0 radical (unpaired) electrons. The Morgan fingerprint density at radius 3 is 2.39 bits per heavy atom. The molecule has 0 spiro atoms. The summed E-state index contributed by atoms with van der Waals surface area (Å²) >= 11 is 0. The van der Waals surface area contributed by atoms with Crippen LogP contribution in [0.15, 0.2) is 42.5 Å². The highest BCUT2D eigenvalue weighted by Gasteiger charge is 2.06. The first-order valence-corrected chi connectivity index (χ1v) is 5.65. The summed E-state index contributed by atoms with van der Waals surface area (Å²) in [5.41, 5.74) is 2.91. The van der Waals surface area contributed by atoms with Crippen LogP contribution in [0.25, 0.3) is 11.1 Å². The number of rotatable bonds is 2. The number of ether oxygens (including phenoxy) is 1. The summed E-state index contributed by atoms with van der Waals surface area (Å²) in [7, 11) is 1.64. The molecule has 18 heavy (non-hydrogen) atoms. The molecular weight excluding hydrogens is 224 g/mol. The molecule has 2 nitrogen and oxygen atoms in total. The molecular formula is C16H14O2. The van der Waals surface area contributed by atoms with Gasteiger partial charge in [0.15, 0.2) is 0 Å². The van der Waals surface area contributed by atoms with Gasteiger partial charge < -0.3 is 9.84 Å². The highest BCUT2D eigenvalue weighted by atomic mass is 16.5. The summed E-state index contributed by atoms with van der Waals surface area (Å²) in [4.78, 5) is 0. The number of hydrogen-bond donors (Lipinski definition) is 1. The van der Waals surface area contributed by atoms with Crippen molar-refractivity contribution in [2.75, 3.05) is 7.11 Å². The lowest BCUT2D eigenvalue weighted by Gasteiger charge is -2.09. The van der Waals surface area contributed by atoms with Gasteiger partial charge in [-0.2, -0.15) is 0 Å². The molecule has 2 rings (SSSR count). The van der Waals surface area contributed by atoms with Gasteiger partial charge in [0, 0.05) is 11.1 Å². The zero-order valence-electron chi connectivity index (χ0n) is 10.4. The molecule has 90 valence electrons. The third-order valence-electron chi connectivity index (χ3n) is 2.65. The Morgan fingerprint density at radius 1 is 1.06 bits per heavy atom. The third kappa shape index (κ3) is 2.46. The summed E-state index contributed by atoms with van der Waals surface area (Å²) in [6.45, 7) is 1.81. The van der Waals surface area contributed by atoms with Crippen molar-refractivity contribution in [2.45, 2.75) is 6.92 Å². The van der Waals surface area contributed by atoms with E-state index in [0.29, 0.717) is 0 Å². The number of phenols is 1. The molecule has 0 unspecified atom stereocenters. The lowest BCUT2D eigenvalue weighted by molar-refractivity contribution is 0.416. The second kappa shape index (κ2) is 5.29.